The minimum Gasteiger partial charge on any atom is -0.267 e. The molecule has 0 spiro atoms. The molecular weight excluding hydrogens is 411 g/mol. The Kier molecular flexibility index (Phi) is 6.85. The number of hydrogen-bond acceptors (Lipinski definition) is 4. The van der Waals surface area contributed by atoms with Gasteiger partial charge in [-0.15, -0.1) is 0 Å². The number of halogens is 3. The number of nitrogens with zero attached hydrogens (tertiary/aromatic N) is 1. The molecule has 29 heavy (non-hydrogen) atoms. The molecule has 2 aromatic carbocycles. The summed E-state index contributed by atoms with van der Waals surface area (Å²) in [6.45, 7) is 1.51. The van der Waals surface area contributed by atoms with Gasteiger partial charge in [0.05, 0.1) is 18.5 Å². The van der Waals surface area contributed by atoms with Crippen LogP contribution >= 0.6 is 0 Å². The maximum atomic E-state index is 14.5. The average Bonchev–Trinajstić information content (AvgIpc) is 2.64. The molecule has 0 fully saturated rings. The van der Waals surface area contributed by atoms with Crippen LogP contribution in [0.4, 0.5) is 18.9 Å². The van der Waals surface area contributed by atoms with Crippen molar-refractivity contribution >= 4 is 27.5 Å². The molecule has 0 saturated heterocycles. The Morgan fingerprint density at radius 3 is 2.21 bits per heavy atom. The summed E-state index contributed by atoms with van der Waals surface area (Å²) >= 11 is 0. The number of sulfonamides is 1. The summed E-state index contributed by atoms with van der Waals surface area (Å²) in [5.74, 6) is -3.60. The van der Waals surface area contributed by atoms with Gasteiger partial charge in [0.2, 0.25) is 10.0 Å². The quantitative estimate of drug-likeness (QED) is 0.688. The Hall–Kier alpha value is -3.08. The standard InChI is InChI=1S/C18H18F3N3O4S/c1-11-3-7-14(8-4-11)24(29(2,27)28)10-13-6-5-12(9-15(13)19)17(25)22-23-18(26)16(20)21/h3-9,16H,10H2,1-2H3,(H,22,25)(H,23,26). The van der Waals surface area contributed by atoms with Crippen molar-refractivity contribution in [1.29, 1.82) is 0 Å². The zero-order valence-corrected chi connectivity index (χ0v) is 16.3. The third kappa shape index (κ3) is 5.95. The molecule has 2 amide bonds. The van der Waals surface area contributed by atoms with Gasteiger partial charge in [-0.05, 0) is 31.2 Å². The molecule has 0 saturated carbocycles. The maximum Gasteiger partial charge on any atom is 0.317 e. The lowest BCUT2D eigenvalue weighted by atomic mass is 10.1. The second-order valence-corrected chi connectivity index (χ2v) is 8.06. The molecule has 0 aromatic heterocycles. The zero-order valence-electron chi connectivity index (χ0n) is 15.4. The van der Waals surface area contributed by atoms with Crippen LogP contribution < -0.4 is 15.2 Å². The largest absolute Gasteiger partial charge is 0.317 e. The van der Waals surface area contributed by atoms with Crippen LogP contribution in [0.5, 0.6) is 0 Å². The minimum atomic E-state index is -3.73. The first-order valence-electron chi connectivity index (χ1n) is 8.20. The van der Waals surface area contributed by atoms with Gasteiger partial charge in [0, 0.05) is 11.1 Å². The van der Waals surface area contributed by atoms with Gasteiger partial charge in [-0.1, -0.05) is 23.8 Å². The first-order chi connectivity index (χ1) is 13.5. The van der Waals surface area contributed by atoms with Crippen LogP contribution in [-0.4, -0.2) is 32.9 Å². The molecule has 2 aromatic rings. The highest BCUT2D eigenvalue weighted by Gasteiger charge is 2.21. The van der Waals surface area contributed by atoms with Crippen molar-refractivity contribution in [3.05, 3.63) is 65.0 Å². The maximum absolute atomic E-state index is 14.5. The van der Waals surface area contributed by atoms with Crippen molar-refractivity contribution in [2.75, 3.05) is 10.6 Å². The number of nitrogens with one attached hydrogen (secondary N) is 2. The van der Waals surface area contributed by atoms with E-state index < -0.39 is 34.1 Å². The number of alkyl halides is 2. The highest BCUT2D eigenvalue weighted by Crippen LogP contribution is 2.22. The Labute approximate surface area is 165 Å². The van der Waals surface area contributed by atoms with Crippen LogP contribution in [0.2, 0.25) is 0 Å². The van der Waals surface area contributed by atoms with Gasteiger partial charge in [-0.25, -0.2) is 12.8 Å². The lowest BCUT2D eigenvalue weighted by Crippen LogP contribution is -2.44. The van der Waals surface area contributed by atoms with E-state index in [9.17, 15) is 31.2 Å². The number of hydrogen-bond donors (Lipinski definition) is 2. The van der Waals surface area contributed by atoms with Crippen LogP contribution in [0, 0.1) is 12.7 Å². The lowest BCUT2D eigenvalue weighted by Gasteiger charge is -2.23. The number of hydrazine groups is 1. The molecule has 0 unspecified atom stereocenters. The lowest BCUT2D eigenvalue weighted by molar-refractivity contribution is -0.132. The van der Waals surface area contributed by atoms with Crippen molar-refractivity contribution in [2.24, 2.45) is 0 Å². The number of benzene rings is 2. The predicted octanol–water partition coefficient (Wildman–Crippen LogP) is 2.13. The molecule has 0 radical (unpaired) electrons. The van der Waals surface area contributed by atoms with E-state index >= 15 is 0 Å². The summed E-state index contributed by atoms with van der Waals surface area (Å²) in [5.41, 5.74) is 4.23. The van der Waals surface area contributed by atoms with Crippen LogP contribution in [0.15, 0.2) is 42.5 Å². The van der Waals surface area contributed by atoms with Crippen LogP contribution in [0.1, 0.15) is 21.5 Å². The normalized spacial score (nSPS) is 11.2. The molecule has 11 heteroatoms. The van der Waals surface area contributed by atoms with Gasteiger partial charge in [0.1, 0.15) is 5.82 Å². The van der Waals surface area contributed by atoms with Gasteiger partial charge >= 0.3 is 12.3 Å². The molecule has 0 atom stereocenters. The zero-order chi connectivity index (χ0) is 21.8. The SMILES string of the molecule is Cc1ccc(N(Cc2ccc(C(=O)NNC(=O)C(F)F)cc2F)S(C)(=O)=O)cc1. The fraction of sp³-hybridized carbons (Fsp3) is 0.222. The molecule has 2 rings (SSSR count). The number of anilines is 1. The predicted molar refractivity (Wildman–Crippen MR) is 100 cm³/mol. The van der Waals surface area contributed by atoms with Crippen molar-refractivity contribution in [3.63, 3.8) is 0 Å². The van der Waals surface area contributed by atoms with E-state index in [1.165, 1.54) is 17.6 Å². The molecule has 0 aliphatic rings. The van der Waals surface area contributed by atoms with Gasteiger partial charge < -0.3 is 0 Å². The molecule has 0 bridgehead atoms. The fourth-order valence-electron chi connectivity index (χ4n) is 2.33. The Morgan fingerprint density at radius 1 is 1.07 bits per heavy atom. The Balaban J connectivity index is 2.21. The van der Waals surface area contributed by atoms with E-state index in [4.69, 9.17) is 0 Å². The summed E-state index contributed by atoms with van der Waals surface area (Å²) < 4.78 is 64.0. The second kappa shape index (κ2) is 8.95. The molecule has 0 aliphatic carbocycles. The van der Waals surface area contributed by atoms with Crippen LogP contribution in [0.3, 0.4) is 0 Å². The highest BCUT2D eigenvalue weighted by atomic mass is 32.2. The molecule has 7 nitrogen and oxygen atoms in total. The van der Waals surface area contributed by atoms with Crippen molar-refractivity contribution < 1.29 is 31.2 Å². The summed E-state index contributed by atoms with van der Waals surface area (Å²) in [4.78, 5) is 22.6. The number of aryl methyl sites for hydroxylation is 1. The first-order valence-corrected chi connectivity index (χ1v) is 10.0. The second-order valence-electron chi connectivity index (χ2n) is 6.16. The topological polar surface area (TPSA) is 95.6 Å². The van der Waals surface area contributed by atoms with Crippen molar-refractivity contribution in [2.45, 2.75) is 19.9 Å². The van der Waals surface area contributed by atoms with E-state index in [1.54, 1.807) is 29.7 Å². The molecule has 2 N–H and O–H groups in total. The van der Waals surface area contributed by atoms with E-state index in [0.29, 0.717) is 5.69 Å². The van der Waals surface area contributed by atoms with Crippen LogP contribution in [0.25, 0.3) is 0 Å². The number of rotatable bonds is 6. The molecule has 0 heterocycles. The van der Waals surface area contributed by atoms with E-state index in [0.717, 1.165) is 22.2 Å². The van der Waals surface area contributed by atoms with E-state index in [-0.39, 0.29) is 17.7 Å². The molecular formula is C18H18F3N3O4S. The summed E-state index contributed by atoms with van der Waals surface area (Å²) in [6, 6.07) is 9.79. The van der Waals surface area contributed by atoms with Crippen molar-refractivity contribution in [1.82, 2.24) is 10.9 Å². The molecule has 0 aliphatic heterocycles. The first kappa shape index (κ1) is 22.2. The summed E-state index contributed by atoms with van der Waals surface area (Å²) in [6.07, 6.45) is -2.34. The molecule has 156 valence electrons. The summed E-state index contributed by atoms with van der Waals surface area (Å²) in [5, 5.41) is 0. The highest BCUT2D eigenvalue weighted by molar-refractivity contribution is 7.92. The van der Waals surface area contributed by atoms with Gasteiger partial charge in [-0.2, -0.15) is 8.78 Å². The third-order valence-electron chi connectivity index (χ3n) is 3.85. The minimum absolute atomic E-state index is 0.0100. The number of carbonyl (C=O) groups is 2. The smallest absolute Gasteiger partial charge is 0.267 e. The number of carbonyl (C=O) groups excluding carboxylic acids is 2. The number of amides is 2. The van der Waals surface area contributed by atoms with Crippen LogP contribution in [-0.2, 0) is 21.4 Å². The van der Waals surface area contributed by atoms with E-state index in [1.807, 2.05) is 6.92 Å². The Bertz CT molecular complexity index is 1010. The van der Waals surface area contributed by atoms with Crippen molar-refractivity contribution in [3.8, 4) is 0 Å². The third-order valence-corrected chi connectivity index (χ3v) is 4.99. The van der Waals surface area contributed by atoms with Gasteiger partial charge in [0.25, 0.3) is 5.91 Å². The van der Waals surface area contributed by atoms with Gasteiger partial charge in [0.15, 0.2) is 0 Å². The monoisotopic (exact) mass is 429 g/mol. The summed E-state index contributed by atoms with van der Waals surface area (Å²) in [7, 11) is -3.73. The van der Waals surface area contributed by atoms with E-state index in [2.05, 4.69) is 0 Å². The van der Waals surface area contributed by atoms with Gasteiger partial charge in [-0.3, -0.25) is 24.7 Å². The fourth-order valence-corrected chi connectivity index (χ4v) is 3.21. The average molecular weight is 429 g/mol. The Morgan fingerprint density at radius 2 is 1.69 bits per heavy atom.